The molecule has 2 aromatic rings. The van der Waals surface area contributed by atoms with E-state index in [0.29, 0.717) is 38.4 Å². The van der Waals surface area contributed by atoms with Crippen molar-refractivity contribution in [3.8, 4) is 5.88 Å². The lowest BCUT2D eigenvalue weighted by Crippen LogP contribution is -2.38. The van der Waals surface area contributed by atoms with Crippen molar-refractivity contribution >= 4 is 17.6 Å². The summed E-state index contributed by atoms with van der Waals surface area (Å²) in [5.41, 5.74) is 0.0773. The summed E-state index contributed by atoms with van der Waals surface area (Å²) in [6, 6.07) is 3.90. The SMILES string of the molecule is CC(C)(C)OC(=O)c1cc(C2CC2)c(CN2CCC(Oc3cc(C(F)(F)F)c(Cl)cn3)CC2)cc1F. The third kappa shape index (κ3) is 6.68. The number of halogens is 5. The van der Waals surface area contributed by atoms with Gasteiger partial charge in [-0.05, 0) is 75.6 Å². The van der Waals surface area contributed by atoms with Crippen LogP contribution in [0.4, 0.5) is 17.6 Å². The van der Waals surface area contributed by atoms with E-state index >= 15 is 0 Å². The van der Waals surface area contributed by atoms with Crippen molar-refractivity contribution in [2.75, 3.05) is 13.1 Å². The summed E-state index contributed by atoms with van der Waals surface area (Å²) in [6.45, 7) is 7.00. The van der Waals surface area contributed by atoms with Crippen LogP contribution in [-0.4, -0.2) is 40.6 Å². The predicted octanol–water partition coefficient (Wildman–Crippen LogP) is 6.77. The molecule has 0 atom stereocenters. The van der Waals surface area contributed by atoms with Crippen molar-refractivity contribution in [1.82, 2.24) is 9.88 Å². The van der Waals surface area contributed by atoms with E-state index in [9.17, 15) is 22.4 Å². The van der Waals surface area contributed by atoms with Crippen molar-refractivity contribution in [3.63, 3.8) is 0 Å². The van der Waals surface area contributed by atoms with Gasteiger partial charge in [-0.25, -0.2) is 14.2 Å². The average Bonchev–Trinajstić information content (AvgIpc) is 3.60. The Morgan fingerprint density at radius 1 is 1.11 bits per heavy atom. The number of likely N-dealkylation sites (tertiary alicyclic amines) is 1. The van der Waals surface area contributed by atoms with Gasteiger partial charge < -0.3 is 9.47 Å². The summed E-state index contributed by atoms with van der Waals surface area (Å²) in [6.07, 6.45) is -0.762. The Kier molecular flexibility index (Phi) is 7.53. The fourth-order valence-electron chi connectivity index (χ4n) is 4.33. The second kappa shape index (κ2) is 10.2. The second-order valence-corrected chi connectivity index (χ2v) is 10.8. The molecule has 196 valence electrons. The first-order valence-electron chi connectivity index (χ1n) is 12.0. The highest BCUT2D eigenvalue weighted by Gasteiger charge is 2.35. The number of hydrogen-bond acceptors (Lipinski definition) is 5. The van der Waals surface area contributed by atoms with Crippen LogP contribution in [0.5, 0.6) is 5.88 Å². The van der Waals surface area contributed by atoms with Crippen LogP contribution in [0.3, 0.4) is 0 Å². The summed E-state index contributed by atoms with van der Waals surface area (Å²) >= 11 is 5.63. The zero-order valence-electron chi connectivity index (χ0n) is 20.4. The fraction of sp³-hybridized carbons (Fsp3) is 0.538. The van der Waals surface area contributed by atoms with Crippen LogP contribution in [0.2, 0.25) is 5.02 Å². The molecule has 1 aliphatic heterocycles. The van der Waals surface area contributed by atoms with Gasteiger partial charge in [0.1, 0.15) is 17.5 Å². The molecule has 1 aromatic heterocycles. The minimum Gasteiger partial charge on any atom is -0.474 e. The van der Waals surface area contributed by atoms with Gasteiger partial charge in [0.05, 0.1) is 22.3 Å². The number of rotatable bonds is 6. The number of pyridine rings is 1. The number of ether oxygens (including phenoxy) is 2. The molecule has 0 spiro atoms. The molecule has 0 bridgehead atoms. The highest BCUT2D eigenvalue weighted by atomic mass is 35.5. The molecular weight excluding hydrogens is 500 g/mol. The van der Waals surface area contributed by atoms with Gasteiger partial charge in [-0.2, -0.15) is 13.2 Å². The van der Waals surface area contributed by atoms with Gasteiger partial charge in [0.25, 0.3) is 0 Å². The molecule has 0 amide bonds. The maximum absolute atomic E-state index is 14.9. The van der Waals surface area contributed by atoms with E-state index in [1.165, 1.54) is 6.07 Å². The molecule has 36 heavy (non-hydrogen) atoms. The predicted molar refractivity (Wildman–Crippen MR) is 127 cm³/mol. The number of nitrogens with zero attached hydrogens (tertiary/aromatic N) is 2. The lowest BCUT2D eigenvalue weighted by Gasteiger charge is -2.32. The largest absolute Gasteiger partial charge is 0.474 e. The number of esters is 1. The number of aromatic nitrogens is 1. The lowest BCUT2D eigenvalue weighted by atomic mass is 9.97. The van der Waals surface area contributed by atoms with E-state index < -0.39 is 34.1 Å². The third-order valence-electron chi connectivity index (χ3n) is 6.22. The van der Waals surface area contributed by atoms with Crippen LogP contribution in [0.1, 0.15) is 79.4 Å². The Bertz CT molecular complexity index is 1120. The summed E-state index contributed by atoms with van der Waals surface area (Å²) in [5, 5.41) is -0.471. The summed E-state index contributed by atoms with van der Waals surface area (Å²) in [7, 11) is 0. The highest BCUT2D eigenvalue weighted by Crippen LogP contribution is 2.43. The van der Waals surface area contributed by atoms with Crippen LogP contribution in [0.25, 0.3) is 0 Å². The molecule has 0 radical (unpaired) electrons. The summed E-state index contributed by atoms with van der Waals surface area (Å²) in [4.78, 5) is 18.5. The summed E-state index contributed by atoms with van der Waals surface area (Å²) < 4.78 is 65.3. The molecule has 1 aromatic carbocycles. The van der Waals surface area contributed by atoms with Gasteiger partial charge in [0.2, 0.25) is 5.88 Å². The molecule has 0 unspecified atom stereocenters. The number of benzene rings is 1. The van der Waals surface area contributed by atoms with Gasteiger partial charge in [0, 0.05) is 25.7 Å². The van der Waals surface area contributed by atoms with Crippen molar-refractivity contribution in [1.29, 1.82) is 0 Å². The first-order valence-corrected chi connectivity index (χ1v) is 12.4. The van der Waals surface area contributed by atoms with E-state index in [-0.39, 0.29) is 17.5 Å². The maximum Gasteiger partial charge on any atom is 0.418 e. The molecule has 1 saturated carbocycles. The van der Waals surface area contributed by atoms with Crippen molar-refractivity contribution < 1.29 is 31.8 Å². The minimum atomic E-state index is -4.59. The first-order chi connectivity index (χ1) is 16.8. The molecule has 4 rings (SSSR count). The third-order valence-corrected chi connectivity index (χ3v) is 6.52. The Morgan fingerprint density at radius 2 is 1.78 bits per heavy atom. The monoisotopic (exact) mass is 528 g/mol. The van der Waals surface area contributed by atoms with E-state index in [1.807, 2.05) is 0 Å². The van der Waals surface area contributed by atoms with Gasteiger partial charge >= 0.3 is 12.1 Å². The van der Waals surface area contributed by atoms with E-state index in [1.54, 1.807) is 26.8 Å². The zero-order valence-corrected chi connectivity index (χ0v) is 21.2. The highest BCUT2D eigenvalue weighted by molar-refractivity contribution is 6.31. The quantitative estimate of drug-likeness (QED) is 0.306. The number of carbonyl (C=O) groups excluding carboxylic acids is 1. The smallest absolute Gasteiger partial charge is 0.418 e. The normalized spacial score (nSPS) is 17.8. The van der Waals surface area contributed by atoms with Crippen molar-refractivity contribution in [3.05, 3.63) is 57.5 Å². The number of hydrogen-bond donors (Lipinski definition) is 0. The molecule has 2 heterocycles. The maximum atomic E-state index is 14.9. The van der Waals surface area contributed by atoms with Crippen LogP contribution in [-0.2, 0) is 17.5 Å². The van der Waals surface area contributed by atoms with E-state index in [0.717, 1.165) is 36.2 Å². The number of piperidine rings is 1. The Balaban J connectivity index is 1.40. The van der Waals surface area contributed by atoms with Crippen LogP contribution >= 0.6 is 11.6 Å². The Labute approximate surface area is 212 Å². The van der Waals surface area contributed by atoms with E-state index in [2.05, 4.69) is 9.88 Å². The molecule has 2 aliphatic rings. The fourth-order valence-corrected chi connectivity index (χ4v) is 4.54. The van der Waals surface area contributed by atoms with Crippen LogP contribution < -0.4 is 4.74 Å². The Morgan fingerprint density at radius 3 is 2.36 bits per heavy atom. The molecular formula is C26H29ClF4N2O3. The standard InChI is InChI=1S/C26H29ClF4N2O3/c1-25(2,3)36-24(34)19-11-18(15-4-5-15)16(10-22(19)28)14-33-8-6-17(7-9-33)35-23-12-20(26(29,30)31)21(27)13-32-23/h10-13,15,17H,4-9,14H2,1-3H3. The topological polar surface area (TPSA) is 51.7 Å². The molecule has 1 aliphatic carbocycles. The molecule has 10 heteroatoms. The number of alkyl halides is 3. The van der Waals surface area contributed by atoms with Crippen molar-refractivity contribution in [2.45, 2.75) is 76.8 Å². The van der Waals surface area contributed by atoms with E-state index in [4.69, 9.17) is 21.1 Å². The zero-order chi connectivity index (χ0) is 26.3. The van der Waals surface area contributed by atoms with Crippen molar-refractivity contribution in [2.24, 2.45) is 0 Å². The minimum absolute atomic E-state index is 0.0450. The summed E-state index contributed by atoms with van der Waals surface area (Å²) in [5.74, 6) is -1.07. The van der Waals surface area contributed by atoms with Crippen LogP contribution in [0.15, 0.2) is 24.4 Å². The molecule has 2 fully saturated rings. The molecule has 0 N–H and O–H groups in total. The average molecular weight is 529 g/mol. The van der Waals surface area contributed by atoms with Crippen LogP contribution in [0, 0.1) is 5.82 Å². The number of carbonyl (C=O) groups is 1. The molecule has 1 saturated heterocycles. The second-order valence-electron chi connectivity index (χ2n) is 10.4. The van der Waals surface area contributed by atoms with Gasteiger partial charge in [0.15, 0.2) is 0 Å². The van der Waals surface area contributed by atoms with Gasteiger partial charge in [-0.15, -0.1) is 0 Å². The Hall–Kier alpha value is -2.39. The lowest BCUT2D eigenvalue weighted by molar-refractivity contribution is -0.137. The van der Waals surface area contributed by atoms with Gasteiger partial charge in [-0.3, -0.25) is 4.90 Å². The van der Waals surface area contributed by atoms with Gasteiger partial charge in [-0.1, -0.05) is 11.6 Å². The molecule has 5 nitrogen and oxygen atoms in total. The first kappa shape index (κ1) is 26.7.